The minimum atomic E-state index is -3.56. The molecule has 2 aromatic carbocycles. The molecule has 2 heterocycles. The van der Waals surface area contributed by atoms with Crippen LogP contribution in [0, 0.1) is 12.8 Å². The molecule has 0 N–H and O–H groups in total. The van der Waals surface area contributed by atoms with Crippen molar-refractivity contribution >= 4 is 31.6 Å². The number of aryl methyl sites for hydroxylation is 1. The fourth-order valence-corrected chi connectivity index (χ4v) is 6.00. The third-order valence-electron chi connectivity index (χ3n) is 5.36. The van der Waals surface area contributed by atoms with E-state index in [0.29, 0.717) is 17.4 Å². The summed E-state index contributed by atoms with van der Waals surface area (Å²) in [5.74, 6) is 0.326. The van der Waals surface area contributed by atoms with Crippen LogP contribution in [0.15, 0.2) is 51.8 Å². The zero-order chi connectivity index (χ0) is 17.8. The van der Waals surface area contributed by atoms with Gasteiger partial charge in [0.05, 0.1) is 10.6 Å². The second-order valence-electron chi connectivity index (χ2n) is 7.03. The first-order valence-corrected chi connectivity index (χ1v) is 10.7. The van der Waals surface area contributed by atoms with Crippen molar-refractivity contribution < 1.29 is 8.42 Å². The molecule has 0 aromatic heterocycles. The zero-order valence-corrected chi connectivity index (χ0v) is 16.7. The SMILES string of the molecule is Cc1ccc(S(=O)(=O)N2C[C@@H]3CCN(C)[C@@H]3c3cc(Br)ccc32)cc1. The Balaban J connectivity index is 1.84. The highest BCUT2D eigenvalue weighted by molar-refractivity contribution is 9.10. The summed E-state index contributed by atoms with van der Waals surface area (Å²) >= 11 is 3.54. The maximum Gasteiger partial charge on any atom is 0.264 e. The minimum Gasteiger partial charge on any atom is -0.299 e. The maximum atomic E-state index is 13.3. The number of halogens is 1. The van der Waals surface area contributed by atoms with Gasteiger partial charge < -0.3 is 0 Å². The highest BCUT2D eigenvalue weighted by Crippen LogP contribution is 2.47. The molecular formula is C19H21BrN2O2S. The minimum absolute atomic E-state index is 0.289. The summed E-state index contributed by atoms with van der Waals surface area (Å²) < 4.78 is 29.2. The highest BCUT2D eigenvalue weighted by Gasteiger charge is 2.43. The van der Waals surface area contributed by atoms with Crippen LogP contribution in [-0.2, 0) is 10.0 Å². The van der Waals surface area contributed by atoms with Crippen molar-refractivity contribution in [1.82, 2.24) is 4.90 Å². The van der Waals surface area contributed by atoms with E-state index in [9.17, 15) is 8.42 Å². The molecule has 2 aliphatic rings. The zero-order valence-electron chi connectivity index (χ0n) is 14.3. The molecule has 0 bridgehead atoms. The summed E-state index contributed by atoms with van der Waals surface area (Å²) in [6.45, 7) is 3.50. The van der Waals surface area contributed by atoms with Crippen LogP contribution in [0.1, 0.15) is 23.6 Å². The number of benzene rings is 2. The van der Waals surface area contributed by atoms with Crippen LogP contribution in [0.25, 0.3) is 0 Å². The molecule has 1 fully saturated rings. The molecule has 6 heteroatoms. The van der Waals surface area contributed by atoms with Crippen molar-refractivity contribution in [2.45, 2.75) is 24.3 Å². The van der Waals surface area contributed by atoms with Gasteiger partial charge in [0, 0.05) is 17.1 Å². The summed E-state index contributed by atoms with van der Waals surface area (Å²) in [6, 6.07) is 13.3. The van der Waals surface area contributed by atoms with Gasteiger partial charge >= 0.3 is 0 Å². The Kier molecular flexibility index (Phi) is 4.17. The molecule has 0 spiro atoms. The van der Waals surface area contributed by atoms with Crippen LogP contribution in [0.5, 0.6) is 0 Å². The Hall–Kier alpha value is -1.37. The van der Waals surface area contributed by atoms with Crippen LogP contribution in [0.2, 0.25) is 0 Å². The third-order valence-corrected chi connectivity index (χ3v) is 7.65. The Morgan fingerprint density at radius 2 is 1.84 bits per heavy atom. The first-order chi connectivity index (χ1) is 11.9. The molecule has 4 nitrogen and oxygen atoms in total. The fourth-order valence-electron chi connectivity index (χ4n) is 4.07. The molecule has 25 heavy (non-hydrogen) atoms. The number of rotatable bonds is 2. The van der Waals surface area contributed by atoms with E-state index in [2.05, 4.69) is 33.9 Å². The monoisotopic (exact) mass is 420 g/mol. The Morgan fingerprint density at radius 1 is 1.12 bits per heavy atom. The molecule has 4 rings (SSSR count). The summed E-state index contributed by atoms with van der Waals surface area (Å²) in [6.07, 6.45) is 1.02. The van der Waals surface area contributed by atoms with Gasteiger partial charge in [0.2, 0.25) is 0 Å². The normalized spacial score (nSPS) is 23.4. The Bertz CT molecular complexity index is 912. The number of hydrogen-bond donors (Lipinski definition) is 0. The smallest absolute Gasteiger partial charge is 0.264 e. The molecule has 2 atom stereocenters. The topological polar surface area (TPSA) is 40.6 Å². The first-order valence-electron chi connectivity index (χ1n) is 8.47. The number of nitrogens with zero attached hydrogens (tertiary/aromatic N) is 2. The summed E-state index contributed by atoms with van der Waals surface area (Å²) in [4.78, 5) is 2.70. The lowest BCUT2D eigenvalue weighted by Crippen LogP contribution is -2.42. The molecular weight excluding hydrogens is 400 g/mol. The van der Waals surface area contributed by atoms with Crippen LogP contribution >= 0.6 is 15.9 Å². The van der Waals surface area contributed by atoms with Crippen molar-refractivity contribution in [2.24, 2.45) is 5.92 Å². The van der Waals surface area contributed by atoms with Crippen LogP contribution in [-0.4, -0.2) is 33.5 Å². The lowest BCUT2D eigenvalue weighted by atomic mass is 9.89. The predicted molar refractivity (Wildman–Crippen MR) is 103 cm³/mol. The van der Waals surface area contributed by atoms with Gasteiger partial charge in [0.1, 0.15) is 0 Å². The van der Waals surface area contributed by atoms with Gasteiger partial charge in [-0.2, -0.15) is 0 Å². The Morgan fingerprint density at radius 3 is 2.56 bits per heavy atom. The van der Waals surface area contributed by atoms with E-state index in [0.717, 1.165) is 34.3 Å². The van der Waals surface area contributed by atoms with E-state index < -0.39 is 10.0 Å². The summed E-state index contributed by atoms with van der Waals surface area (Å²) in [5, 5.41) is 0. The Labute approximate surface area is 157 Å². The van der Waals surface area contributed by atoms with E-state index in [1.54, 1.807) is 16.4 Å². The number of likely N-dealkylation sites (tertiary alicyclic amines) is 1. The van der Waals surface area contributed by atoms with E-state index in [4.69, 9.17) is 0 Å². The molecule has 0 aliphatic carbocycles. The van der Waals surface area contributed by atoms with Crippen LogP contribution < -0.4 is 4.31 Å². The van der Waals surface area contributed by atoms with E-state index in [1.165, 1.54) is 0 Å². The van der Waals surface area contributed by atoms with Crippen molar-refractivity contribution in [2.75, 3.05) is 24.4 Å². The van der Waals surface area contributed by atoms with E-state index in [-0.39, 0.29) is 6.04 Å². The van der Waals surface area contributed by atoms with Crippen LogP contribution in [0.3, 0.4) is 0 Å². The van der Waals surface area contributed by atoms with E-state index in [1.807, 2.05) is 31.2 Å². The molecule has 0 saturated carbocycles. The molecule has 2 aromatic rings. The third kappa shape index (κ3) is 2.80. The largest absolute Gasteiger partial charge is 0.299 e. The van der Waals surface area contributed by atoms with Gasteiger partial charge in [0.25, 0.3) is 10.0 Å². The van der Waals surface area contributed by atoms with Crippen molar-refractivity contribution in [3.05, 3.63) is 58.1 Å². The highest BCUT2D eigenvalue weighted by atomic mass is 79.9. The van der Waals surface area contributed by atoms with Crippen LogP contribution in [0.4, 0.5) is 5.69 Å². The second kappa shape index (κ2) is 6.11. The molecule has 2 aliphatic heterocycles. The average Bonchev–Trinajstić information content (AvgIpc) is 2.96. The van der Waals surface area contributed by atoms with Gasteiger partial charge in [-0.05, 0) is 68.8 Å². The second-order valence-corrected chi connectivity index (χ2v) is 9.80. The average molecular weight is 421 g/mol. The van der Waals surface area contributed by atoms with Gasteiger partial charge in [0.15, 0.2) is 0 Å². The maximum absolute atomic E-state index is 13.3. The van der Waals surface area contributed by atoms with Crippen molar-refractivity contribution in [3.8, 4) is 0 Å². The number of fused-ring (bicyclic) bond motifs is 3. The molecule has 0 radical (unpaired) electrons. The quantitative estimate of drug-likeness (QED) is 0.737. The number of sulfonamides is 1. The van der Waals surface area contributed by atoms with Gasteiger partial charge in [-0.25, -0.2) is 8.42 Å². The summed E-state index contributed by atoms with van der Waals surface area (Å²) in [5.41, 5.74) is 2.96. The number of hydrogen-bond acceptors (Lipinski definition) is 3. The lowest BCUT2D eigenvalue weighted by Gasteiger charge is -2.39. The van der Waals surface area contributed by atoms with Crippen molar-refractivity contribution in [1.29, 1.82) is 0 Å². The fraction of sp³-hybridized carbons (Fsp3) is 0.368. The van der Waals surface area contributed by atoms with Gasteiger partial charge in [-0.1, -0.05) is 33.6 Å². The van der Waals surface area contributed by atoms with Gasteiger partial charge in [-0.3, -0.25) is 9.21 Å². The first kappa shape index (κ1) is 17.1. The molecule has 0 amide bonds. The lowest BCUT2D eigenvalue weighted by molar-refractivity contribution is 0.273. The van der Waals surface area contributed by atoms with Crippen molar-refractivity contribution in [3.63, 3.8) is 0 Å². The predicted octanol–water partition coefficient (Wildman–Crippen LogP) is 3.96. The molecule has 0 unspecified atom stereocenters. The molecule has 132 valence electrons. The standard InChI is InChI=1S/C19H21BrN2O2S/c1-13-3-6-16(7-4-13)25(23,24)22-12-14-9-10-21(2)19(14)17-11-15(20)5-8-18(17)22/h3-8,11,14,19H,9-10,12H2,1-2H3/t14-,19-/m0/s1. The number of anilines is 1. The van der Waals surface area contributed by atoms with E-state index >= 15 is 0 Å². The van der Waals surface area contributed by atoms with Gasteiger partial charge in [-0.15, -0.1) is 0 Å². The molecule has 1 saturated heterocycles. The summed E-state index contributed by atoms with van der Waals surface area (Å²) in [7, 11) is -1.44.